The molecule has 0 spiro atoms. The van der Waals surface area contributed by atoms with Crippen molar-refractivity contribution in [2.45, 2.75) is 20.8 Å². The zero-order chi connectivity index (χ0) is 18.1. The summed E-state index contributed by atoms with van der Waals surface area (Å²) in [6.45, 7) is 5.34. The van der Waals surface area contributed by atoms with Crippen molar-refractivity contribution in [3.63, 3.8) is 0 Å². The Hall–Kier alpha value is -3.08. The Kier molecular flexibility index (Phi) is 4.31. The van der Waals surface area contributed by atoms with Gasteiger partial charge >= 0.3 is 0 Å². The fourth-order valence-electron chi connectivity index (χ4n) is 2.74. The number of carbonyl (C=O) groups excluding carboxylic acids is 2. The number of fused-ring (bicyclic) bond motifs is 1. The van der Waals surface area contributed by atoms with Crippen LogP contribution >= 0.6 is 0 Å². The van der Waals surface area contributed by atoms with E-state index in [1.165, 1.54) is 11.8 Å². The maximum absolute atomic E-state index is 12.6. The van der Waals surface area contributed by atoms with Gasteiger partial charge in [0.2, 0.25) is 5.91 Å². The average molecular weight is 336 g/mol. The molecule has 0 aliphatic rings. The van der Waals surface area contributed by atoms with Crippen LogP contribution in [0.1, 0.15) is 28.6 Å². The van der Waals surface area contributed by atoms with Gasteiger partial charge in [0.1, 0.15) is 5.58 Å². The number of nitrogens with one attached hydrogen (secondary N) is 1. The Balaban J connectivity index is 1.84. The molecule has 1 heterocycles. The van der Waals surface area contributed by atoms with E-state index < -0.39 is 0 Å². The van der Waals surface area contributed by atoms with Crippen LogP contribution in [-0.4, -0.2) is 18.9 Å². The van der Waals surface area contributed by atoms with Gasteiger partial charge in [-0.05, 0) is 43.7 Å². The van der Waals surface area contributed by atoms with Gasteiger partial charge in [-0.2, -0.15) is 0 Å². The van der Waals surface area contributed by atoms with Crippen LogP contribution in [0.3, 0.4) is 0 Å². The third-order valence-corrected chi connectivity index (χ3v) is 4.35. The summed E-state index contributed by atoms with van der Waals surface area (Å²) in [7, 11) is 1.70. The number of hydrogen-bond acceptors (Lipinski definition) is 3. The molecule has 0 unspecified atom stereocenters. The lowest BCUT2D eigenvalue weighted by molar-refractivity contribution is -0.116. The van der Waals surface area contributed by atoms with Crippen molar-refractivity contribution >= 4 is 34.2 Å². The molecule has 2 aromatic carbocycles. The lowest BCUT2D eigenvalue weighted by Gasteiger charge is -2.15. The van der Waals surface area contributed by atoms with Gasteiger partial charge in [-0.1, -0.05) is 18.2 Å². The second-order valence-electron chi connectivity index (χ2n) is 6.09. The molecule has 2 amide bonds. The highest BCUT2D eigenvalue weighted by Crippen LogP contribution is 2.28. The van der Waals surface area contributed by atoms with E-state index in [1.54, 1.807) is 31.3 Å². The molecule has 0 atom stereocenters. The molecule has 0 saturated carbocycles. The highest BCUT2D eigenvalue weighted by atomic mass is 16.3. The van der Waals surface area contributed by atoms with Crippen LogP contribution in [0.2, 0.25) is 0 Å². The maximum Gasteiger partial charge on any atom is 0.291 e. The molecule has 1 aromatic heterocycles. The van der Waals surface area contributed by atoms with Gasteiger partial charge in [0.05, 0.1) is 0 Å². The molecule has 25 heavy (non-hydrogen) atoms. The third kappa shape index (κ3) is 3.13. The maximum atomic E-state index is 12.6. The van der Waals surface area contributed by atoms with Gasteiger partial charge < -0.3 is 14.6 Å². The number of amides is 2. The molecule has 0 aliphatic heterocycles. The standard InChI is InChI=1S/C20H20N2O3/c1-12-6-5-7-17-13(2)19(25-18(12)17)20(24)21-15-8-10-16(11-9-15)22(4)14(3)23/h5-11H,1-4H3,(H,21,24). The van der Waals surface area contributed by atoms with Crippen molar-refractivity contribution in [3.05, 3.63) is 59.4 Å². The predicted octanol–water partition coefficient (Wildman–Crippen LogP) is 4.28. The van der Waals surface area contributed by atoms with Crippen LogP contribution < -0.4 is 10.2 Å². The molecule has 0 radical (unpaired) electrons. The summed E-state index contributed by atoms with van der Waals surface area (Å²) in [5.41, 5.74) is 3.97. The minimum Gasteiger partial charge on any atom is -0.450 e. The molecule has 5 heteroatoms. The Morgan fingerprint density at radius 2 is 1.72 bits per heavy atom. The van der Waals surface area contributed by atoms with Crippen LogP contribution in [0.4, 0.5) is 11.4 Å². The Bertz CT molecular complexity index is 955. The molecule has 0 saturated heterocycles. The van der Waals surface area contributed by atoms with Crippen molar-refractivity contribution in [1.82, 2.24) is 0 Å². The first-order valence-corrected chi connectivity index (χ1v) is 8.03. The summed E-state index contributed by atoms with van der Waals surface area (Å²) in [4.78, 5) is 25.5. The van der Waals surface area contributed by atoms with E-state index in [9.17, 15) is 9.59 Å². The van der Waals surface area contributed by atoms with Crippen molar-refractivity contribution in [1.29, 1.82) is 0 Å². The van der Waals surface area contributed by atoms with E-state index in [0.29, 0.717) is 11.4 Å². The molecular weight excluding hydrogens is 316 g/mol. The van der Waals surface area contributed by atoms with Crippen molar-refractivity contribution in [3.8, 4) is 0 Å². The molecular formula is C20H20N2O3. The molecule has 3 aromatic rings. The Morgan fingerprint density at radius 3 is 2.32 bits per heavy atom. The quantitative estimate of drug-likeness (QED) is 0.776. The number of hydrogen-bond donors (Lipinski definition) is 1. The number of aryl methyl sites for hydroxylation is 2. The van der Waals surface area contributed by atoms with Crippen molar-refractivity contribution in [2.24, 2.45) is 0 Å². The fraction of sp³-hybridized carbons (Fsp3) is 0.200. The second kappa shape index (κ2) is 6.43. The van der Waals surface area contributed by atoms with Crippen molar-refractivity contribution < 1.29 is 14.0 Å². The van der Waals surface area contributed by atoms with Crippen molar-refractivity contribution in [2.75, 3.05) is 17.3 Å². The largest absolute Gasteiger partial charge is 0.450 e. The number of benzene rings is 2. The normalized spacial score (nSPS) is 10.7. The molecule has 0 fully saturated rings. The molecule has 128 valence electrons. The van der Waals surface area contributed by atoms with E-state index in [-0.39, 0.29) is 11.8 Å². The highest BCUT2D eigenvalue weighted by Gasteiger charge is 2.18. The number of anilines is 2. The number of carbonyl (C=O) groups is 2. The smallest absolute Gasteiger partial charge is 0.291 e. The SMILES string of the molecule is CC(=O)N(C)c1ccc(NC(=O)c2oc3c(C)cccc3c2C)cc1. The average Bonchev–Trinajstić information content (AvgIpc) is 2.93. The lowest BCUT2D eigenvalue weighted by atomic mass is 10.1. The first-order valence-electron chi connectivity index (χ1n) is 8.03. The minimum atomic E-state index is -0.291. The van der Waals surface area contributed by atoms with Crippen LogP contribution in [0, 0.1) is 13.8 Å². The molecule has 3 rings (SSSR count). The zero-order valence-electron chi connectivity index (χ0n) is 14.7. The van der Waals surface area contributed by atoms with Gasteiger partial charge in [-0.3, -0.25) is 9.59 Å². The van der Waals surface area contributed by atoms with Crippen LogP contribution in [0.15, 0.2) is 46.9 Å². The van der Waals surface area contributed by atoms with Crippen LogP contribution in [0.25, 0.3) is 11.0 Å². The van der Waals surface area contributed by atoms with E-state index in [1.807, 2.05) is 32.0 Å². The number of para-hydroxylation sites is 1. The second-order valence-corrected chi connectivity index (χ2v) is 6.09. The molecule has 0 aliphatic carbocycles. The predicted molar refractivity (Wildman–Crippen MR) is 99.2 cm³/mol. The highest BCUT2D eigenvalue weighted by molar-refractivity contribution is 6.06. The molecule has 0 bridgehead atoms. The summed E-state index contributed by atoms with van der Waals surface area (Å²) in [5.74, 6) is -0.0277. The van der Waals surface area contributed by atoms with Gasteiger partial charge in [-0.25, -0.2) is 0 Å². The van der Waals surface area contributed by atoms with Gasteiger partial charge in [-0.15, -0.1) is 0 Å². The third-order valence-electron chi connectivity index (χ3n) is 4.35. The summed E-state index contributed by atoms with van der Waals surface area (Å²) in [5, 5.41) is 3.79. The summed E-state index contributed by atoms with van der Waals surface area (Å²) >= 11 is 0. The molecule has 5 nitrogen and oxygen atoms in total. The summed E-state index contributed by atoms with van der Waals surface area (Å²) in [6, 6.07) is 12.9. The fourth-order valence-corrected chi connectivity index (χ4v) is 2.74. The van der Waals surface area contributed by atoms with E-state index in [4.69, 9.17) is 4.42 Å². The van der Waals surface area contributed by atoms with Crippen LogP contribution in [0.5, 0.6) is 0 Å². The number of rotatable bonds is 3. The van der Waals surface area contributed by atoms with Gasteiger partial charge in [0.25, 0.3) is 5.91 Å². The van der Waals surface area contributed by atoms with E-state index >= 15 is 0 Å². The monoisotopic (exact) mass is 336 g/mol. The summed E-state index contributed by atoms with van der Waals surface area (Å²) in [6.07, 6.45) is 0. The zero-order valence-corrected chi connectivity index (χ0v) is 14.7. The number of nitrogens with zero attached hydrogens (tertiary/aromatic N) is 1. The first kappa shape index (κ1) is 16.8. The van der Waals surface area contributed by atoms with Crippen LogP contribution in [-0.2, 0) is 4.79 Å². The Labute approximate surface area is 146 Å². The lowest BCUT2D eigenvalue weighted by Crippen LogP contribution is -2.22. The molecule has 1 N–H and O–H groups in total. The minimum absolute atomic E-state index is 0.0509. The van der Waals surface area contributed by atoms with E-state index in [2.05, 4.69) is 5.32 Å². The summed E-state index contributed by atoms with van der Waals surface area (Å²) < 4.78 is 5.79. The Morgan fingerprint density at radius 1 is 1.04 bits per heavy atom. The first-order chi connectivity index (χ1) is 11.9. The van der Waals surface area contributed by atoms with Gasteiger partial charge in [0, 0.05) is 36.3 Å². The van der Waals surface area contributed by atoms with Gasteiger partial charge in [0.15, 0.2) is 5.76 Å². The number of furan rings is 1. The van der Waals surface area contributed by atoms with E-state index in [0.717, 1.165) is 27.8 Å². The topological polar surface area (TPSA) is 62.6 Å².